The summed E-state index contributed by atoms with van der Waals surface area (Å²) in [4.78, 5) is 10.1. The second-order valence-electron chi connectivity index (χ2n) is 11.5. The van der Waals surface area contributed by atoms with Crippen molar-refractivity contribution in [3.05, 3.63) is 168 Å². The van der Waals surface area contributed by atoms with Crippen LogP contribution < -0.4 is 5.32 Å². The summed E-state index contributed by atoms with van der Waals surface area (Å²) in [5.74, 6) is 1.47. The van der Waals surface area contributed by atoms with Gasteiger partial charge in [0.05, 0.1) is 0 Å². The van der Waals surface area contributed by atoms with E-state index in [-0.39, 0.29) is 6.17 Å². The fourth-order valence-electron chi connectivity index (χ4n) is 6.49. The lowest BCUT2D eigenvalue weighted by Crippen LogP contribution is -2.33. The number of furan rings is 1. The molecule has 212 valence electrons. The maximum atomic E-state index is 6.41. The Morgan fingerprint density at radius 1 is 0.511 bits per heavy atom. The number of hydrogen-bond donors (Lipinski definition) is 1. The first-order valence-electron chi connectivity index (χ1n) is 15.2. The first-order chi connectivity index (χ1) is 22.3. The molecule has 1 atom stereocenters. The molecule has 1 N–H and O–H groups in total. The van der Waals surface area contributed by atoms with E-state index in [1.54, 1.807) is 0 Å². The van der Waals surface area contributed by atoms with Crippen molar-refractivity contribution < 1.29 is 4.42 Å². The summed E-state index contributed by atoms with van der Waals surface area (Å²) in [6, 6.07) is 52.9. The molecule has 2 heterocycles. The molecule has 0 bridgehead atoms. The maximum absolute atomic E-state index is 6.41. The summed E-state index contributed by atoms with van der Waals surface area (Å²) in [6.07, 6.45) is -0.273. The minimum Gasteiger partial charge on any atom is -0.456 e. The Kier molecular flexibility index (Phi) is 5.85. The highest BCUT2D eigenvalue weighted by molar-refractivity contribution is 6.22. The van der Waals surface area contributed by atoms with Gasteiger partial charge in [-0.25, -0.2) is 9.98 Å². The van der Waals surface area contributed by atoms with Gasteiger partial charge < -0.3 is 9.73 Å². The van der Waals surface area contributed by atoms with E-state index in [0.717, 1.165) is 50.0 Å². The SMILES string of the molecule is c1ccc(C2=NC(c3ccccc3)NC(c3cccc4oc5ccc(-c6ccc7ccc8ccccc8c7c6)cc5c34)=N2)cc1. The predicted molar refractivity (Wildman–Crippen MR) is 186 cm³/mol. The van der Waals surface area contributed by atoms with Crippen molar-refractivity contribution in [1.29, 1.82) is 0 Å². The predicted octanol–water partition coefficient (Wildman–Crippen LogP) is 10.1. The Hall–Kier alpha value is -6.00. The highest BCUT2D eigenvalue weighted by Gasteiger charge is 2.23. The van der Waals surface area contributed by atoms with Gasteiger partial charge in [0.25, 0.3) is 0 Å². The van der Waals surface area contributed by atoms with E-state index in [2.05, 4.69) is 108 Å². The van der Waals surface area contributed by atoms with Gasteiger partial charge in [-0.05, 0) is 62.5 Å². The number of fused-ring (bicyclic) bond motifs is 6. The minimum absolute atomic E-state index is 0.273. The molecule has 7 aromatic carbocycles. The van der Waals surface area contributed by atoms with E-state index in [1.807, 2.05) is 48.5 Å². The quantitative estimate of drug-likeness (QED) is 0.212. The van der Waals surface area contributed by atoms with E-state index in [4.69, 9.17) is 14.4 Å². The highest BCUT2D eigenvalue weighted by Crippen LogP contribution is 2.37. The number of rotatable bonds is 4. The van der Waals surface area contributed by atoms with Crippen molar-refractivity contribution in [1.82, 2.24) is 5.32 Å². The third-order valence-corrected chi connectivity index (χ3v) is 8.72. The first-order valence-corrected chi connectivity index (χ1v) is 15.2. The molecule has 1 aliphatic heterocycles. The monoisotopic (exact) mass is 577 g/mol. The zero-order valence-electron chi connectivity index (χ0n) is 24.3. The molecular formula is C41H27N3O. The van der Waals surface area contributed by atoms with Crippen LogP contribution >= 0.6 is 0 Å². The summed E-state index contributed by atoms with van der Waals surface area (Å²) in [5.41, 5.74) is 7.03. The van der Waals surface area contributed by atoms with Crippen LogP contribution in [0.4, 0.5) is 0 Å². The van der Waals surface area contributed by atoms with Crippen LogP contribution in [0.2, 0.25) is 0 Å². The zero-order chi connectivity index (χ0) is 29.7. The molecule has 0 spiro atoms. The number of nitrogens with one attached hydrogen (secondary N) is 1. The van der Waals surface area contributed by atoms with Crippen molar-refractivity contribution in [3.8, 4) is 11.1 Å². The van der Waals surface area contributed by atoms with Gasteiger partial charge in [0.15, 0.2) is 5.84 Å². The van der Waals surface area contributed by atoms with Gasteiger partial charge in [0.1, 0.15) is 23.2 Å². The first kappa shape index (κ1) is 25.5. The van der Waals surface area contributed by atoms with Crippen LogP contribution in [0.1, 0.15) is 22.9 Å². The van der Waals surface area contributed by atoms with E-state index in [9.17, 15) is 0 Å². The van der Waals surface area contributed by atoms with E-state index >= 15 is 0 Å². The summed E-state index contributed by atoms with van der Waals surface area (Å²) < 4.78 is 6.41. The van der Waals surface area contributed by atoms with Gasteiger partial charge in [-0.1, -0.05) is 127 Å². The molecule has 1 unspecified atom stereocenters. The Morgan fingerprint density at radius 2 is 1.20 bits per heavy atom. The molecule has 0 saturated heterocycles. The molecule has 1 aliphatic rings. The molecule has 45 heavy (non-hydrogen) atoms. The minimum atomic E-state index is -0.273. The number of nitrogens with zero attached hydrogens (tertiary/aromatic N) is 2. The maximum Gasteiger partial charge on any atom is 0.159 e. The number of aliphatic imine (C=N–C) groups is 2. The lowest BCUT2D eigenvalue weighted by Gasteiger charge is -2.24. The number of benzene rings is 7. The zero-order valence-corrected chi connectivity index (χ0v) is 24.3. The largest absolute Gasteiger partial charge is 0.456 e. The van der Waals surface area contributed by atoms with Gasteiger partial charge >= 0.3 is 0 Å². The molecule has 0 saturated carbocycles. The van der Waals surface area contributed by atoms with Crippen molar-refractivity contribution in [2.45, 2.75) is 6.17 Å². The van der Waals surface area contributed by atoms with Crippen LogP contribution in [0, 0.1) is 0 Å². The molecule has 4 nitrogen and oxygen atoms in total. The fourth-order valence-corrected chi connectivity index (χ4v) is 6.49. The second kappa shape index (κ2) is 10.3. The van der Waals surface area contributed by atoms with Gasteiger partial charge in [-0.3, -0.25) is 0 Å². The van der Waals surface area contributed by atoms with Crippen molar-refractivity contribution in [2.75, 3.05) is 0 Å². The lowest BCUT2D eigenvalue weighted by atomic mass is 9.96. The number of amidine groups is 2. The van der Waals surface area contributed by atoms with Gasteiger partial charge in [-0.2, -0.15) is 0 Å². The van der Waals surface area contributed by atoms with Gasteiger partial charge in [0, 0.05) is 21.9 Å². The van der Waals surface area contributed by atoms with Gasteiger partial charge in [-0.15, -0.1) is 0 Å². The van der Waals surface area contributed by atoms with Gasteiger partial charge in [0.2, 0.25) is 0 Å². The standard InChI is InChI=1S/C41H27N3O/c1-3-11-28(12-4-1)39-42-40(29-13-5-2-6-14-29)44-41(43-39)33-16-9-17-37-38(33)35-25-31(22-23-36(35)45-37)30-21-20-27-19-18-26-10-7-8-15-32(26)34(27)24-30/h1-25,39H,(H,42,43,44). The Balaban J connectivity index is 1.21. The van der Waals surface area contributed by atoms with Crippen molar-refractivity contribution in [3.63, 3.8) is 0 Å². The average Bonchev–Trinajstić information content (AvgIpc) is 3.50. The second-order valence-corrected chi connectivity index (χ2v) is 11.5. The van der Waals surface area contributed by atoms with Crippen LogP contribution in [-0.2, 0) is 0 Å². The van der Waals surface area contributed by atoms with E-state index in [0.29, 0.717) is 5.84 Å². The Bertz CT molecular complexity index is 2460. The summed E-state index contributed by atoms with van der Waals surface area (Å²) in [7, 11) is 0. The number of hydrogen-bond acceptors (Lipinski definition) is 4. The smallest absolute Gasteiger partial charge is 0.159 e. The third-order valence-electron chi connectivity index (χ3n) is 8.72. The average molecular weight is 578 g/mol. The van der Waals surface area contributed by atoms with E-state index in [1.165, 1.54) is 27.1 Å². The topological polar surface area (TPSA) is 49.9 Å². The molecule has 0 fully saturated rings. The van der Waals surface area contributed by atoms with Crippen LogP contribution in [0.15, 0.2) is 166 Å². The van der Waals surface area contributed by atoms with Crippen LogP contribution in [-0.4, -0.2) is 11.7 Å². The molecule has 4 heteroatoms. The van der Waals surface area contributed by atoms with Crippen LogP contribution in [0.5, 0.6) is 0 Å². The molecule has 8 aromatic rings. The summed E-state index contributed by atoms with van der Waals surface area (Å²) >= 11 is 0. The summed E-state index contributed by atoms with van der Waals surface area (Å²) in [5, 5.41) is 10.7. The molecular weight excluding hydrogens is 550 g/mol. The third kappa shape index (κ3) is 4.38. The van der Waals surface area contributed by atoms with Crippen molar-refractivity contribution >= 4 is 55.2 Å². The normalized spacial score (nSPS) is 14.9. The van der Waals surface area contributed by atoms with Crippen LogP contribution in [0.3, 0.4) is 0 Å². The molecule has 0 aliphatic carbocycles. The molecule has 0 amide bonds. The van der Waals surface area contributed by atoms with Crippen molar-refractivity contribution in [2.24, 2.45) is 9.98 Å². The van der Waals surface area contributed by atoms with Crippen LogP contribution in [0.25, 0.3) is 54.6 Å². The van der Waals surface area contributed by atoms with E-state index < -0.39 is 0 Å². The fraction of sp³-hybridized carbons (Fsp3) is 0.0244. The Morgan fingerprint density at radius 3 is 2.04 bits per heavy atom. The summed E-state index contributed by atoms with van der Waals surface area (Å²) in [6.45, 7) is 0. The lowest BCUT2D eigenvalue weighted by molar-refractivity contribution is 0.668. The molecule has 1 aromatic heterocycles. The highest BCUT2D eigenvalue weighted by atomic mass is 16.3. The molecule has 0 radical (unpaired) electrons. The Labute approximate surface area is 260 Å². The molecule has 9 rings (SSSR count).